The lowest BCUT2D eigenvalue weighted by molar-refractivity contribution is 0.194. The van der Waals surface area contributed by atoms with E-state index in [1.807, 2.05) is 0 Å². The zero-order valence-electron chi connectivity index (χ0n) is 15.3. The van der Waals surface area contributed by atoms with Crippen molar-refractivity contribution in [3.8, 4) is 17.2 Å². The molecule has 0 bridgehead atoms. The number of halogens is 2. The van der Waals surface area contributed by atoms with Gasteiger partial charge in [-0.25, -0.2) is 0 Å². The third kappa shape index (κ3) is 4.85. The highest BCUT2D eigenvalue weighted by Gasteiger charge is 2.38. The predicted molar refractivity (Wildman–Crippen MR) is 105 cm³/mol. The average molecular weight is 393 g/mol. The number of piperidine rings is 1. The van der Waals surface area contributed by atoms with Gasteiger partial charge in [-0.1, -0.05) is 0 Å². The molecule has 1 aromatic carbocycles. The van der Waals surface area contributed by atoms with Gasteiger partial charge in [-0.05, 0) is 62.0 Å². The van der Waals surface area contributed by atoms with Crippen molar-refractivity contribution in [3.63, 3.8) is 0 Å². The van der Waals surface area contributed by atoms with Crippen molar-refractivity contribution < 1.29 is 14.2 Å². The van der Waals surface area contributed by atoms with Gasteiger partial charge in [0, 0.05) is 13.1 Å². The van der Waals surface area contributed by atoms with Gasteiger partial charge < -0.3 is 19.5 Å². The van der Waals surface area contributed by atoms with Crippen molar-refractivity contribution in [3.05, 3.63) is 17.7 Å². The lowest BCUT2D eigenvalue weighted by Gasteiger charge is -2.34. The van der Waals surface area contributed by atoms with E-state index >= 15 is 0 Å². The lowest BCUT2D eigenvalue weighted by Crippen LogP contribution is -2.38. The molecule has 2 saturated heterocycles. The van der Waals surface area contributed by atoms with Crippen LogP contribution in [-0.4, -0.2) is 52.4 Å². The van der Waals surface area contributed by atoms with Gasteiger partial charge in [0.15, 0.2) is 11.5 Å². The maximum absolute atomic E-state index is 5.46. The second-order valence-electron chi connectivity index (χ2n) is 6.74. The molecule has 2 heterocycles. The summed E-state index contributed by atoms with van der Waals surface area (Å²) in [6, 6.07) is 4.13. The van der Waals surface area contributed by atoms with Crippen LogP contribution in [0.15, 0.2) is 12.1 Å². The van der Waals surface area contributed by atoms with Crippen LogP contribution in [0.3, 0.4) is 0 Å². The number of ether oxygens (including phenoxy) is 3. The number of benzene rings is 1. The summed E-state index contributed by atoms with van der Waals surface area (Å²) in [5, 5.41) is 3.48. The molecule has 0 unspecified atom stereocenters. The molecule has 1 N–H and O–H groups in total. The molecule has 3 rings (SSSR count). The largest absolute Gasteiger partial charge is 0.493 e. The van der Waals surface area contributed by atoms with Gasteiger partial charge in [0.25, 0.3) is 0 Å². The summed E-state index contributed by atoms with van der Waals surface area (Å²) in [4.78, 5) is 2.56. The first-order valence-electron chi connectivity index (χ1n) is 8.42. The monoisotopic (exact) mass is 392 g/mol. The first-order valence-corrected chi connectivity index (χ1v) is 8.42. The fourth-order valence-corrected chi connectivity index (χ4v) is 4.01. The van der Waals surface area contributed by atoms with Crippen LogP contribution in [0.2, 0.25) is 0 Å². The third-order valence-corrected chi connectivity index (χ3v) is 5.31. The van der Waals surface area contributed by atoms with Crippen LogP contribution < -0.4 is 19.5 Å². The Morgan fingerprint density at radius 1 is 0.960 bits per heavy atom. The maximum atomic E-state index is 5.46. The van der Waals surface area contributed by atoms with Crippen molar-refractivity contribution in [1.82, 2.24) is 10.2 Å². The lowest BCUT2D eigenvalue weighted by atomic mass is 9.78. The van der Waals surface area contributed by atoms with Crippen LogP contribution in [0.5, 0.6) is 17.2 Å². The fraction of sp³-hybridized carbons (Fsp3) is 0.667. The van der Waals surface area contributed by atoms with Crippen LogP contribution in [0.4, 0.5) is 0 Å². The zero-order valence-corrected chi connectivity index (χ0v) is 16.9. The Morgan fingerprint density at radius 3 is 2.08 bits per heavy atom. The van der Waals surface area contributed by atoms with E-state index < -0.39 is 0 Å². The molecule has 2 aliphatic rings. The highest BCUT2D eigenvalue weighted by atomic mass is 35.5. The highest BCUT2D eigenvalue weighted by Crippen LogP contribution is 2.41. The van der Waals surface area contributed by atoms with Gasteiger partial charge in [-0.15, -0.1) is 24.8 Å². The summed E-state index contributed by atoms with van der Waals surface area (Å²) < 4.78 is 16.3. The van der Waals surface area contributed by atoms with E-state index in [1.165, 1.54) is 37.9 Å². The van der Waals surface area contributed by atoms with E-state index in [1.54, 1.807) is 21.3 Å². The molecule has 1 aromatic rings. The quantitative estimate of drug-likeness (QED) is 0.833. The van der Waals surface area contributed by atoms with Crippen molar-refractivity contribution >= 4 is 24.8 Å². The Hall–Kier alpha value is -0.880. The number of hydrogen-bond donors (Lipinski definition) is 1. The van der Waals surface area contributed by atoms with Gasteiger partial charge in [0.05, 0.1) is 21.3 Å². The van der Waals surface area contributed by atoms with E-state index in [2.05, 4.69) is 22.3 Å². The van der Waals surface area contributed by atoms with Gasteiger partial charge in [0.1, 0.15) is 0 Å². The van der Waals surface area contributed by atoms with Crippen molar-refractivity contribution in [2.75, 3.05) is 47.5 Å². The number of methoxy groups -OCH3 is 3. The first kappa shape index (κ1) is 22.2. The SMILES string of the molecule is COc1cc(CN2CCC3(CCNCC3)C2)cc(OC)c1OC.Cl.Cl. The molecular formula is C18H30Cl2N2O3. The molecule has 0 atom stereocenters. The Bertz CT molecular complexity index is 526. The molecule has 144 valence electrons. The number of nitrogens with one attached hydrogen (secondary N) is 1. The van der Waals surface area contributed by atoms with E-state index in [4.69, 9.17) is 14.2 Å². The third-order valence-electron chi connectivity index (χ3n) is 5.31. The Labute approximate surface area is 163 Å². The van der Waals surface area contributed by atoms with E-state index in [-0.39, 0.29) is 24.8 Å². The molecule has 0 saturated carbocycles. The van der Waals surface area contributed by atoms with Gasteiger partial charge in [-0.2, -0.15) is 0 Å². The normalized spacial score (nSPS) is 19.0. The molecule has 0 radical (unpaired) electrons. The standard InChI is InChI=1S/C18H28N2O3.2ClH/c1-21-15-10-14(11-16(22-2)17(15)23-3)12-20-9-6-18(13-20)4-7-19-8-5-18;;/h10-11,19H,4-9,12-13H2,1-3H3;2*1H. The van der Waals surface area contributed by atoms with E-state index in [9.17, 15) is 0 Å². The smallest absolute Gasteiger partial charge is 0.203 e. The minimum Gasteiger partial charge on any atom is -0.493 e. The zero-order chi connectivity index (χ0) is 16.3. The van der Waals surface area contributed by atoms with Crippen molar-refractivity contribution in [2.24, 2.45) is 5.41 Å². The molecule has 7 heteroatoms. The second-order valence-corrected chi connectivity index (χ2v) is 6.74. The van der Waals surface area contributed by atoms with Gasteiger partial charge in [0.2, 0.25) is 5.75 Å². The molecule has 1 spiro atoms. The molecule has 0 aromatic heterocycles. The topological polar surface area (TPSA) is 43.0 Å². The van der Waals surface area contributed by atoms with Crippen molar-refractivity contribution in [1.29, 1.82) is 0 Å². The summed E-state index contributed by atoms with van der Waals surface area (Å²) in [6.07, 6.45) is 3.93. The van der Waals surface area contributed by atoms with Gasteiger partial charge in [-0.3, -0.25) is 4.90 Å². The minimum absolute atomic E-state index is 0. The summed E-state index contributed by atoms with van der Waals surface area (Å²) in [6.45, 7) is 5.64. The van der Waals surface area contributed by atoms with E-state index in [0.29, 0.717) is 11.2 Å². The Morgan fingerprint density at radius 2 is 1.56 bits per heavy atom. The summed E-state index contributed by atoms with van der Waals surface area (Å²) in [5.74, 6) is 2.13. The number of hydrogen-bond acceptors (Lipinski definition) is 5. The molecule has 5 nitrogen and oxygen atoms in total. The highest BCUT2D eigenvalue weighted by molar-refractivity contribution is 5.85. The molecule has 0 amide bonds. The first-order chi connectivity index (χ1) is 11.2. The van der Waals surface area contributed by atoms with Crippen LogP contribution in [-0.2, 0) is 6.54 Å². The number of rotatable bonds is 5. The van der Waals surface area contributed by atoms with Crippen LogP contribution in [0, 0.1) is 5.41 Å². The molecule has 2 fully saturated rings. The summed E-state index contributed by atoms with van der Waals surface area (Å²) >= 11 is 0. The minimum atomic E-state index is 0. The van der Waals surface area contributed by atoms with E-state index in [0.717, 1.165) is 31.1 Å². The summed E-state index contributed by atoms with van der Waals surface area (Å²) in [5.41, 5.74) is 1.75. The van der Waals surface area contributed by atoms with Crippen molar-refractivity contribution in [2.45, 2.75) is 25.8 Å². The number of nitrogens with zero attached hydrogens (tertiary/aromatic N) is 1. The second kappa shape index (κ2) is 9.72. The van der Waals surface area contributed by atoms with Crippen LogP contribution in [0.1, 0.15) is 24.8 Å². The Balaban J connectivity index is 0.00000156. The molecular weight excluding hydrogens is 363 g/mol. The molecule has 2 aliphatic heterocycles. The summed E-state index contributed by atoms with van der Waals surface area (Å²) in [7, 11) is 4.98. The fourth-order valence-electron chi connectivity index (χ4n) is 4.01. The molecule has 0 aliphatic carbocycles. The Kier molecular flexibility index (Phi) is 8.61. The predicted octanol–water partition coefficient (Wildman–Crippen LogP) is 3.13. The van der Waals surface area contributed by atoms with Crippen LogP contribution >= 0.6 is 24.8 Å². The van der Waals surface area contributed by atoms with Crippen LogP contribution in [0.25, 0.3) is 0 Å². The average Bonchev–Trinajstić information content (AvgIpc) is 2.96. The number of likely N-dealkylation sites (tertiary alicyclic amines) is 1. The molecule has 25 heavy (non-hydrogen) atoms. The van der Waals surface area contributed by atoms with Gasteiger partial charge >= 0.3 is 0 Å². The maximum Gasteiger partial charge on any atom is 0.203 e.